The van der Waals surface area contributed by atoms with Crippen molar-refractivity contribution in [2.24, 2.45) is 0 Å². The van der Waals surface area contributed by atoms with Crippen LogP contribution >= 0.6 is 0 Å². The predicted molar refractivity (Wildman–Crippen MR) is 46.2 cm³/mol. The SMILES string of the molecule is Cc1ccc([C@@H]2CNC(=O)O2)nc1. The highest BCUT2D eigenvalue weighted by molar-refractivity contribution is 5.69. The second-order valence-corrected chi connectivity index (χ2v) is 3.04. The second-order valence-electron chi connectivity index (χ2n) is 3.04. The normalized spacial score (nSPS) is 21.0. The molecule has 68 valence electrons. The summed E-state index contributed by atoms with van der Waals surface area (Å²) in [7, 11) is 0. The molecule has 1 aliphatic rings. The lowest BCUT2D eigenvalue weighted by molar-refractivity contribution is 0.139. The summed E-state index contributed by atoms with van der Waals surface area (Å²) in [4.78, 5) is 14.9. The van der Waals surface area contributed by atoms with Crippen molar-refractivity contribution in [1.29, 1.82) is 0 Å². The zero-order valence-electron chi connectivity index (χ0n) is 7.28. The molecule has 2 heterocycles. The summed E-state index contributed by atoms with van der Waals surface area (Å²) in [6.45, 7) is 2.48. The molecule has 0 aromatic carbocycles. The van der Waals surface area contributed by atoms with E-state index in [1.54, 1.807) is 6.20 Å². The summed E-state index contributed by atoms with van der Waals surface area (Å²) < 4.78 is 4.97. The Kier molecular flexibility index (Phi) is 1.88. The van der Waals surface area contributed by atoms with Crippen LogP contribution in [0.4, 0.5) is 4.79 Å². The number of aromatic nitrogens is 1. The quantitative estimate of drug-likeness (QED) is 0.702. The van der Waals surface area contributed by atoms with Crippen LogP contribution in [0.3, 0.4) is 0 Å². The average molecular weight is 178 g/mol. The van der Waals surface area contributed by atoms with Gasteiger partial charge in [-0.15, -0.1) is 0 Å². The summed E-state index contributed by atoms with van der Waals surface area (Å²) >= 11 is 0. The number of aryl methyl sites for hydroxylation is 1. The fourth-order valence-corrected chi connectivity index (χ4v) is 1.22. The zero-order chi connectivity index (χ0) is 9.26. The number of carbonyl (C=O) groups is 1. The third kappa shape index (κ3) is 1.61. The minimum absolute atomic E-state index is 0.229. The first-order valence-corrected chi connectivity index (χ1v) is 4.13. The molecule has 0 spiro atoms. The Bertz CT molecular complexity index is 321. The molecule has 1 N–H and O–H groups in total. The average Bonchev–Trinajstić information content (AvgIpc) is 2.53. The maximum Gasteiger partial charge on any atom is 0.408 e. The van der Waals surface area contributed by atoms with Gasteiger partial charge in [-0.05, 0) is 18.6 Å². The monoisotopic (exact) mass is 178 g/mol. The Morgan fingerprint density at radius 3 is 3.00 bits per heavy atom. The molecule has 0 saturated carbocycles. The maximum absolute atomic E-state index is 10.7. The van der Waals surface area contributed by atoms with Gasteiger partial charge in [0.05, 0.1) is 12.2 Å². The van der Waals surface area contributed by atoms with Gasteiger partial charge in [0.25, 0.3) is 0 Å². The predicted octanol–water partition coefficient (Wildman–Crippen LogP) is 1.17. The van der Waals surface area contributed by atoms with Crippen LogP contribution in [-0.2, 0) is 4.74 Å². The van der Waals surface area contributed by atoms with Crippen molar-refractivity contribution in [3.8, 4) is 0 Å². The summed E-state index contributed by atoms with van der Waals surface area (Å²) in [5.41, 5.74) is 1.89. The second kappa shape index (κ2) is 3.05. The van der Waals surface area contributed by atoms with Crippen LogP contribution in [0.1, 0.15) is 17.4 Å². The van der Waals surface area contributed by atoms with E-state index in [-0.39, 0.29) is 12.2 Å². The van der Waals surface area contributed by atoms with Gasteiger partial charge in [-0.1, -0.05) is 6.07 Å². The molecule has 1 aromatic rings. The van der Waals surface area contributed by atoms with Crippen molar-refractivity contribution in [2.75, 3.05) is 6.54 Å². The van der Waals surface area contributed by atoms with Gasteiger partial charge in [-0.2, -0.15) is 0 Å². The molecule has 1 amide bonds. The molecule has 4 heteroatoms. The Morgan fingerprint density at radius 2 is 2.46 bits per heavy atom. The molecule has 0 unspecified atom stereocenters. The highest BCUT2D eigenvalue weighted by Crippen LogP contribution is 2.18. The first-order valence-electron chi connectivity index (χ1n) is 4.13. The van der Waals surface area contributed by atoms with E-state index in [0.717, 1.165) is 11.3 Å². The fraction of sp³-hybridized carbons (Fsp3) is 0.333. The van der Waals surface area contributed by atoms with Crippen LogP contribution in [0.2, 0.25) is 0 Å². The van der Waals surface area contributed by atoms with Gasteiger partial charge < -0.3 is 10.1 Å². The molecule has 13 heavy (non-hydrogen) atoms. The van der Waals surface area contributed by atoms with Crippen molar-refractivity contribution < 1.29 is 9.53 Å². The topological polar surface area (TPSA) is 51.2 Å². The molecule has 1 aromatic heterocycles. The number of cyclic esters (lactones) is 1. The number of ether oxygens (including phenoxy) is 1. The van der Waals surface area contributed by atoms with Gasteiger partial charge in [0, 0.05) is 6.20 Å². The molecule has 4 nitrogen and oxygen atoms in total. The lowest BCUT2D eigenvalue weighted by atomic mass is 10.2. The number of nitrogens with zero attached hydrogens (tertiary/aromatic N) is 1. The number of alkyl carbamates (subject to hydrolysis) is 1. The van der Waals surface area contributed by atoms with E-state index < -0.39 is 0 Å². The minimum atomic E-state index is -0.368. The van der Waals surface area contributed by atoms with Gasteiger partial charge in [0.1, 0.15) is 0 Å². The van der Waals surface area contributed by atoms with Crippen LogP contribution in [-0.4, -0.2) is 17.6 Å². The first kappa shape index (κ1) is 8.04. The number of pyridine rings is 1. The number of hydrogen-bond acceptors (Lipinski definition) is 3. The van der Waals surface area contributed by atoms with E-state index in [0.29, 0.717) is 6.54 Å². The molecule has 0 radical (unpaired) electrons. The molecule has 0 aliphatic carbocycles. The van der Waals surface area contributed by atoms with E-state index in [4.69, 9.17) is 4.74 Å². The first-order chi connectivity index (χ1) is 6.25. The summed E-state index contributed by atoms with van der Waals surface area (Å²) in [5, 5.41) is 2.58. The molecule has 1 saturated heterocycles. The van der Waals surface area contributed by atoms with Crippen molar-refractivity contribution in [1.82, 2.24) is 10.3 Å². The lowest BCUT2D eigenvalue weighted by Crippen LogP contribution is -2.12. The van der Waals surface area contributed by atoms with Gasteiger partial charge in [-0.25, -0.2) is 4.79 Å². The zero-order valence-corrected chi connectivity index (χ0v) is 7.28. The minimum Gasteiger partial charge on any atom is -0.438 e. The molecule has 1 aliphatic heterocycles. The van der Waals surface area contributed by atoms with Crippen LogP contribution in [0.15, 0.2) is 18.3 Å². The van der Waals surface area contributed by atoms with Gasteiger partial charge in [0.15, 0.2) is 6.10 Å². The van der Waals surface area contributed by atoms with Gasteiger partial charge in [0.2, 0.25) is 0 Å². The Labute approximate surface area is 75.9 Å². The highest BCUT2D eigenvalue weighted by atomic mass is 16.6. The van der Waals surface area contributed by atoms with E-state index in [2.05, 4.69) is 10.3 Å². The van der Waals surface area contributed by atoms with Gasteiger partial charge >= 0.3 is 6.09 Å². The van der Waals surface area contributed by atoms with Crippen molar-refractivity contribution in [3.05, 3.63) is 29.6 Å². The number of rotatable bonds is 1. The molecular weight excluding hydrogens is 168 g/mol. The Balaban J connectivity index is 2.17. The number of hydrogen-bond donors (Lipinski definition) is 1. The van der Waals surface area contributed by atoms with Crippen molar-refractivity contribution >= 4 is 6.09 Å². The molecule has 0 bridgehead atoms. The number of nitrogens with one attached hydrogen (secondary N) is 1. The molecule has 1 fully saturated rings. The smallest absolute Gasteiger partial charge is 0.408 e. The van der Waals surface area contributed by atoms with E-state index in [9.17, 15) is 4.79 Å². The Morgan fingerprint density at radius 1 is 1.62 bits per heavy atom. The van der Waals surface area contributed by atoms with E-state index >= 15 is 0 Å². The molecule has 1 atom stereocenters. The van der Waals surface area contributed by atoms with Crippen molar-refractivity contribution in [2.45, 2.75) is 13.0 Å². The number of carbonyl (C=O) groups excluding carboxylic acids is 1. The third-order valence-corrected chi connectivity index (χ3v) is 1.95. The number of amides is 1. The summed E-state index contributed by atoms with van der Waals surface area (Å²) in [6, 6.07) is 3.83. The largest absolute Gasteiger partial charge is 0.438 e. The maximum atomic E-state index is 10.7. The molecular formula is C9H10N2O2. The summed E-state index contributed by atoms with van der Waals surface area (Å²) in [5.74, 6) is 0. The van der Waals surface area contributed by atoms with Crippen molar-refractivity contribution in [3.63, 3.8) is 0 Å². The van der Waals surface area contributed by atoms with E-state index in [1.807, 2.05) is 19.1 Å². The third-order valence-electron chi connectivity index (χ3n) is 1.95. The van der Waals surface area contributed by atoms with E-state index in [1.165, 1.54) is 0 Å². The Hall–Kier alpha value is -1.58. The standard InChI is InChI=1S/C9H10N2O2/c1-6-2-3-7(10-4-6)8-5-11-9(12)13-8/h2-4,8H,5H2,1H3,(H,11,12)/t8-/m0/s1. The van der Waals surface area contributed by atoms with Crippen LogP contribution < -0.4 is 5.32 Å². The fourth-order valence-electron chi connectivity index (χ4n) is 1.22. The summed E-state index contributed by atoms with van der Waals surface area (Å²) in [6.07, 6.45) is 1.17. The molecule has 2 rings (SSSR count). The van der Waals surface area contributed by atoms with Gasteiger partial charge in [-0.3, -0.25) is 4.98 Å². The van der Waals surface area contributed by atoms with Crippen LogP contribution in [0.5, 0.6) is 0 Å². The lowest BCUT2D eigenvalue weighted by Gasteiger charge is -2.06. The highest BCUT2D eigenvalue weighted by Gasteiger charge is 2.24. The van der Waals surface area contributed by atoms with Crippen LogP contribution in [0.25, 0.3) is 0 Å². The van der Waals surface area contributed by atoms with Crippen LogP contribution in [0, 0.1) is 6.92 Å².